The summed E-state index contributed by atoms with van der Waals surface area (Å²) in [7, 11) is 0. The third-order valence-corrected chi connectivity index (χ3v) is 4.28. The van der Waals surface area contributed by atoms with E-state index in [9.17, 15) is 14.4 Å². The fraction of sp³-hybridized carbons (Fsp3) is 0.500. The van der Waals surface area contributed by atoms with Gasteiger partial charge in [-0.2, -0.15) is 0 Å². The van der Waals surface area contributed by atoms with Crippen molar-refractivity contribution >= 4 is 17.7 Å². The third kappa shape index (κ3) is 5.08. The minimum absolute atomic E-state index is 0.00417. The van der Waals surface area contributed by atoms with Crippen molar-refractivity contribution in [1.29, 1.82) is 0 Å². The Morgan fingerprint density at radius 3 is 2.38 bits per heavy atom. The van der Waals surface area contributed by atoms with E-state index in [0.29, 0.717) is 30.8 Å². The van der Waals surface area contributed by atoms with E-state index < -0.39 is 11.5 Å². The van der Waals surface area contributed by atoms with Gasteiger partial charge in [-0.05, 0) is 56.9 Å². The molecule has 0 saturated heterocycles. The molecule has 0 bridgehead atoms. The molecule has 6 nitrogen and oxygen atoms in total. The highest BCUT2D eigenvalue weighted by Gasteiger charge is 2.40. The number of nitrogens with one attached hydrogen (secondary N) is 1. The standard InChI is InChI=1S/C18H23NO5/c1-13(20)14-5-7-15(8-6-14)24-11-2-4-16(21)19-18(9-3-10-18)12-17(22)23/h5-8H,2-4,9-12H2,1H3,(H,19,21)(H,22,23). The van der Waals surface area contributed by atoms with Crippen LogP contribution in [0.3, 0.4) is 0 Å². The minimum atomic E-state index is -0.882. The van der Waals surface area contributed by atoms with Crippen LogP contribution in [0.25, 0.3) is 0 Å². The maximum atomic E-state index is 12.0. The molecule has 0 aliphatic heterocycles. The van der Waals surface area contributed by atoms with Crippen LogP contribution in [-0.2, 0) is 9.59 Å². The van der Waals surface area contributed by atoms with E-state index in [4.69, 9.17) is 9.84 Å². The van der Waals surface area contributed by atoms with Gasteiger partial charge < -0.3 is 15.2 Å². The topological polar surface area (TPSA) is 92.7 Å². The lowest BCUT2D eigenvalue weighted by Crippen LogP contribution is -2.54. The molecule has 1 saturated carbocycles. The second kappa shape index (κ2) is 7.95. The number of amides is 1. The van der Waals surface area contributed by atoms with Gasteiger partial charge in [-0.25, -0.2) is 0 Å². The summed E-state index contributed by atoms with van der Waals surface area (Å²) < 4.78 is 5.54. The van der Waals surface area contributed by atoms with E-state index in [1.54, 1.807) is 24.3 Å². The molecular formula is C18H23NO5. The van der Waals surface area contributed by atoms with Crippen molar-refractivity contribution in [3.8, 4) is 5.75 Å². The first-order valence-corrected chi connectivity index (χ1v) is 8.17. The summed E-state index contributed by atoms with van der Waals surface area (Å²) in [6.07, 6.45) is 3.23. The Hall–Kier alpha value is -2.37. The summed E-state index contributed by atoms with van der Waals surface area (Å²) in [6, 6.07) is 6.87. The Labute approximate surface area is 141 Å². The van der Waals surface area contributed by atoms with E-state index in [2.05, 4.69) is 5.32 Å². The molecule has 24 heavy (non-hydrogen) atoms. The maximum Gasteiger partial charge on any atom is 0.305 e. The van der Waals surface area contributed by atoms with Gasteiger partial charge in [-0.3, -0.25) is 14.4 Å². The molecule has 0 radical (unpaired) electrons. The van der Waals surface area contributed by atoms with Gasteiger partial charge in [0.05, 0.1) is 18.6 Å². The van der Waals surface area contributed by atoms with Crippen molar-refractivity contribution in [2.45, 2.75) is 51.0 Å². The highest BCUT2D eigenvalue weighted by atomic mass is 16.5. The summed E-state index contributed by atoms with van der Waals surface area (Å²) in [5.74, 6) is -0.356. The molecule has 0 unspecified atom stereocenters. The predicted molar refractivity (Wildman–Crippen MR) is 88.2 cm³/mol. The van der Waals surface area contributed by atoms with Crippen LogP contribution in [0.4, 0.5) is 0 Å². The Morgan fingerprint density at radius 1 is 1.21 bits per heavy atom. The number of carbonyl (C=O) groups excluding carboxylic acids is 2. The highest BCUT2D eigenvalue weighted by Crippen LogP contribution is 2.35. The van der Waals surface area contributed by atoms with Crippen molar-refractivity contribution < 1.29 is 24.2 Å². The quantitative estimate of drug-likeness (QED) is 0.535. The maximum absolute atomic E-state index is 12.0. The molecule has 1 aliphatic carbocycles. The Morgan fingerprint density at radius 2 is 1.88 bits per heavy atom. The fourth-order valence-electron chi connectivity index (χ4n) is 2.81. The average Bonchev–Trinajstić information content (AvgIpc) is 2.49. The van der Waals surface area contributed by atoms with Crippen LogP contribution in [0.15, 0.2) is 24.3 Å². The second-order valence-electron chi connectivity index (χ2n) is 6.29. The van der Waals surface area contributed by atoms with Gasteiger partial charge in [0.15, 0.2) is 5.78 Å². The van der Waals surface area contributed by atoms with Crippen LogP contribution < -0.4 is 10.1 Å². The summed E-state index contributed by atoms with van der Waals surface area (Å²) in [5, 5.41) is 11.8. The Balaban J connectivity index is 1.69. The molecule has 1 aromatic carbocycles. The van der Waals surface area contributed by atoms with Crippen molar-refractivity contribution in [3.05, 3.63) is 29.8 Å². The number of carboxylic acids is 1. The normalized spacial score (nSPS) is 15.2. The molecule has 6 heteroatoms. The van der Waals surface area contributed by atoms with Gasteiger partial charge >= 0.3 is 5.97 Å². The van der Waals surface area contributed by atoms with Crippen LogP contribution in [0.5, 0.6) is 5.75 Å². The SMILES string of the molecule is CC(=O)c1ccc(OCCCC(=O)NC2(CC(=O)O)CCC2)cc1. The molecule has 130 valence electrons. The van der Waals surface area contributed by atoms with Gasteiger partial charge in [0.2, 0.25) is 5.91 Å². The molecule has 2 rings (SSSR count). The fourth-order valence-corrected chi connectivity index (χ4v) is 2.81. The summed E-state index contributed by atoms with van der Waals surface area (Å²) in [6.45, 7) is 1.90. The Kier molecular flexibility index (Phi) is 5.95. The van der Waals surface area contributed by atoms with Crippen LogP contribution in [0, 0.1) is 0 Å². The van der Waals surface area contributed by atoms with Crippen molar-refractivity contribution in [3.63, 3.8) is 0 Å². The average molecular weight is 333 g/mol. The number of hydrogen-bond donors (Lipinski definition) is 2. The molecule has 1 aromatic rings. The van der Waals surface area contributed by atoms with Crippen molar-refractivity contribution in [2.24, 2.45) is 0 Å². The molecule has 0 heterocycles. The van der Waals surface area contributed by atoms with Crippen LogP contribution >= 0.6 is 0 Å². The molecule has 1 fully saturated rings. The van der Waals surface area contributed by atoms with Crippen LogP contribution in [-0.4, -0.2) is 34.9 Å². The number of benzene rings is 1. The third-order valence-electron chi connectivity index (χ3n) is 4.28. The van der Waals surface area contributed by atoms with Gasteiger partial charge in [-0.1, -0.05) is 0 Å². The number of carboxylic acid groups (broad SMARTS) is 1. The van der Waals surface area contributed by atoms with E-state index in [0.717, 1.165) is 19.3 Å². The predicted octanol–water partition coefficient (Wildman–Crippen LogP) is 2.56. The monoisotopic (exact) mass is 333 g/mol. The first-order chi connectivity index (χ1) is 11.4. The van der Waals surface area contributed by atoms with E-state index >= 15 is 0 Å². The van der Waals surface area contributed by atoms with E-state index in [1.165, 1.54) is 6.92 Å². The molecular weight excluding hydrogens is 310 g/mol. The van der Waals surface area contributed by atoms with E-state index in [-0.39, 0.29) is 18.1 Å². The van der Waals surface area contributed by atoms with Crippen LogP contribution in [0.1, 0.15) is 55.8 Å². The lowest BCUT2D eigenvalue weighted by Gasteiger charge is -2.41. The summed E-state index contributed by atoms with van der Waals surface area (Å²) >= 11 is 0. The number of carbonyl (C=O) groups is 3. The number of ketones is 1. The number of Topliss-reactive ketones (excluding diaryl/α,β-unsaturated/α-hetero) is 1. The number of ether oxygens (including phenoxy) is 1. The van der Waals surface area contributed by atoms with Gasteiger partial charge in [-0.15, -0.1) is 0 Å². The molecule has 0 spiro atoms. The zero-order chi connectivity index (χ0) is 17.6. The number of hydrogen-bond acceptors (Lipinski definition) is 4. The molecule has 1 aliphatic rings. The zero-order valence-corrected chi connectivity index (χ0v) is 13.8. The lowest BCUT2D eigenvalue weighted by atomic mass is 9.74. The summed E-state index contributed by atoms with van der Waals surface area (Å²) in [5.41, 5.74) is 0.0812. The van der Waals surface area contributed by atoms with Gasteiger partial charge in [0.1, 0.15) is 5.75 Å². The zero-order valence-electron chi connectivity index (χ0n) is 13.8. The first-order valence-electron chi connectivity index (χ1n) is 8.17. The number of aliphatic carboxylic acids is 1. The van der Waals surface area contributed by atoms with E-state index in [1.807, 2.05) is 0 Å². The second-order valence-corrected chi connectivity index (χ2v) is 6.29. The largest absolute Gasteiger partial charge is 0.494 e. The lowest BCUT2D eigenvalue weighted by molar-refractivity contribution is -0.140. The van der Waals surface area contributed by atoms with Crippen LogP contribution in [0.2, 0.25) is 0 Å². The minimum Gasteiger partial charge on any atom is -0.494 e. The van der Waals surface area contributed by atoms with Crippen molar-refractivity contribution in [2.75, 3.05) is 6.61 Å². The Bertz CT molecular complexity index is 604. The smallest absolute Gasteiger partial charge is 0.305 e. The van der Waals surface area contributed by atoms with Gasteiger partial charge in [0.25, 0.3) is 0 Å². The van der Waals surface area contributed by atoms with Gasteiger partial charge in [0, 0.05) is 12.0 Å². The molecule has 0 atom stereocenters. The highest BCUT2D eigenvalue weighted by molar-refractivity contribution is 5.94. The molecule has 1 amide bonds. The van der Waals surface area contributed by atoms with Crippen molar-refractivity contribution in [1.82, 2.24) is 5.32 Å². The summed E-state index contributed by atoms with van der Waals surface area (Å²) in [4.78, 5) is 34.0. The first kappa shape index (κ1) is 18.0. The molecule has 0 aromatic heterocycles. The number of rotatable bonds is 9. The molecule has 2 N–H and O–H groups in total.